The molecule has 1 aromatic rings. The van der Waals surface area contributed by atoms with Crippen LogP contribution in [-0.2, 0) is 11.2 Å². The fraction of sp³-hybridized carbons (Fsp3) is 0.500. The van der Waals surface area contributed by atoms with E-state index >= 15 is 0 Å². The van der Waals surface area contributed by atoms with E-state index in [0.717, 1.165) is 10.0 Å². The highest BCUT2D eigenvalue weighted by Crippen LogP contribution is 2.34. The Kier molecular flexibility index (Phi) is 10.2. The van der Waals surface area contributed by atoms with Gasteiger partial charge < -0.3 is 20.5 Å². The Morgan fingerprint density at radius 3 is 2.33 bits per heavy atom. The molecule has 0 saturated carbocycles. The summed E-state index contributed by atoms with van der Waals surface area (Å²) in [6.45, 7) is 5.83. The zero-order chi connectivity index (χ0) is 15.0. The van der Waals surface area contributed by atoms with E-state index in [1.807, 2.05) is 26.0 Å². The number of nitrogens with one attached hydrogen (secondary N) is 1. The van der Waals surface area contributed by atoms with Crippen molar-refractivity contribution < 1.29 is 14.3 Å². The molecule has 0 fully saturated rings. The lowest BCUT2D eigenvalue weighted by Crippen LogP contribution is -2.30. The molecule has 0 aliphatic carbocycles. The molecular weight excluding hydrogens is 360 g/mol. The van der Waals surface area contributed by atoms with Gasteiger partial charge in [-0.2, -0.15) is 0 Å². The van der Waals surface area contributed by atoms with Gasteiger partial charge in [0.25, 0.3) is 0 Å². The van der Waals surface area contributed by atoms with Gasteiger partial charge in [0.1, 0.15) is 0 Å². The van der Waals surface area contributed by atoms with Crippen LogP contribution in [0.3, 0.4) is 0 Å². The number of carbonyl (C=O) groups excluding carboxylic acids is 1. The van der Waals surface area contributed by atoms with Crippen LogP contribution in [0, 0.1) is 0 Å². The molecule has 0 saturated heterocycles. The monoisotopic (exact) mass is 380 g/mol. The average Bonchev–Trinajstić information content (AvgIpc) is 2.42. The summed E-state index contributed by atoms with van der Waals surface area (Å²) >= 11 is 3.46. The highest BCUT2D eigenvalue weighted by molar-refractivity contribution is 9.10. The van der Waals surface area contributed by atoms with E-state index in [4.69, 9.17) is 15.2 Å². The van der Waals surface area contributed by atoms with Crippen LogP contribution in [0.25, 0.3) is 0 Å². The maximum Gasteiger partial charge on any atom is 0.224 e. The van der Waals surface area contributed by atoms with E-state index in [0.29, 0.717) is 37.8 Å². The van der Waals surface area contributed by atoms with Crippen LogP contribution in [0.15, 0.2) is 16.6 Å². The van der Waals surface area contributed by atoms with E-state index in [1.165, 1.54) is 0 Å². The van der Waals surface area contributed by atoms with Crippen molar-refractivity contribution >= 4 is 34.2 Å². The summed E-state index contributed by atoms with van der Waals surface area (Å²) in [6.07, 6.45) is 0.271. The van der Waals surface area contributed by atoms with Crippen LogP contribution in [0.4, 0.5) is 0 Å². The minimum atomic E-state index is -0.0669. The molecule has 0 bridgehead atoms. The number of hydrogen-bond acceptors (Lipinski definition) is 4. The fourth-order valence-corrected chi connectivity index (χ4v) is 2.16. The second-order valence-electron chi connectivity index (χ2n) is 4.07. The lowest BCUT2D eigenvalue weighted by molar-refractivity contribution is -0.120. The molecule has 1 aromatic carbocycles. The van der Waals surface area contributed by atoms with Crippen molar-refractivity contribution in [2.45, 2.75) is 20.3 Å². The highest BCUT2D eigenvalue weighted by atomic mass is 79.9. The Morgan fingerprint density at radius 2 is 1.81 bits per heavy atom. The van der Waals surface area contributed by atoms with Gasteiger partial charge in [-0.25, -0.2) is 0 Å². The summed E-state index contributed by atoms with van der Waals surface area (Å²) in [5.74, 6) is 1.26. The Bertz CT molecular complexity index is 458. The highest BCUT2D eigenvalue weighted by Gasteiger charge is 2.13. The Hall–Kier alpha value is -0.980. The van der Waals surface area contributed by atoms with Crippen LogP contribution in [-0.4, -0.2) is 32.2 Å². The molecule has 0 aromatic heterocycles. The predicted molar refractivity (Wildman–Crippen MR) is 89.5 cm³/mol. The van der Waals surface area contributed by atoms with E-state index in [2.05, 4.69) is 21.2 Å². The summed E-state index contributed by atoms with van der Waals surface area (Å²) in [7, 11) is 0. The van der Waals surface area contributed by atoms with Crippen molar-refractivity contribution in [2.75, 3.05) is 26.3 Å². The van der Waals surface area contributed by atoms with Crippen LogP contribution in [0.5, 0.6) is 11.5 Å². The second-order valence-corrected chi connectivity index (χ2v) is 4.93. The maximum absolute atomic E-state index is 11.7. The smallest absolute Gasteiger partial charge is 0.224 e. The summed E-state index contributed by atoms with van der Waals surface area (Å²) in [5.41, 5.74) is 6.21. The first-order valence-electron chi connectivity index (χ1n) is 6.67. The van der Waals surface area contributed by atoms with Gasteiger partial charge in [0.15, 0.2) is 11.5 Å². The van der Waals surface area contributed by atoms with Gasteiger partial charge in [-0.05, 0) is 31.5 Å². The van der Waals surface area contributed by atoms with Crippen LogP contribution in [0.2, 0.25) is 0 Å². The Labute approximate surface area is 140 Å². The van der Waals surface area contributed by atoms with Gasteiger partial charge in [-0.3, -0.25) is 4.79 Å². The normalized spacial score (nSPS) is 9.71. The molecule has 0 aliphatic heterocycles. The SMILES string of the molecule is CCOc1cc(Br)c(CC(=O)NCCN)cc1OCC.Cl. The molecule has 3 N–H and O–H groups in total. The van der Waals surface area contributed by atoms with Gasteiger partial charge in [0.05, 0.1) is 19.6 Å². The van der Waals surface area contributed by atoms with E-state index in [9.17, 15) is 4.79 Å². The van der Waals surface area contributed by atoms with Crippen LogP contribution >= 0.6 is 28.3 Å². The third-order valence-corrected chi connectivity index (χ3v) is 3.27. The van der Waals surface area contributed by atoms with E-state index < -0.39 is 0 Å². The van der Waals surface area contributed by atoms with Crippen LogP contribution in [0.1, 0.15) is 19.4 Å². The number of rotatable bonds is 8. The number of amides is 1. The maximum atomic E-state index is 11.7. The first kappa shape index (κ1) is 20.0. The minimum Gasteiger partial charge on any atom is -0.490 e. The van der Waals surface area contributed by atoms with Crippen molar-refractivity contribution in [1.29, 1.82) is 0 Å². The fourth-order valence-electron chi connectivity index (χ4n) is 1.70. The van der Waals surface area contributed by atoms with Gasteiger partial charge in [-0.1, -0.05) is 15.9 Å². The van der Waals surface area contributed by atoms with Crippen molar-refractivity contribution in [2.24, 2.45) is 5.73 Å². The van der Waals surface area contributed by atoms with E-state index in [-0.39, 0.29) is 24.7 Å². The van der Waals surface area contributed by atoms with Gasteiger partial charge in [-0.15, -0.1) is 12.4 Å². The standard InChI is InChI=1S/C14H21BrN2O3.ClH/c1-3-19-12-7-10(8-14(18)17-6-5-16)11(15)9-13(12)20-4-2;/h7,9H,3-6,8,16H2,1-2H3,(H,17,18);1H. The quantitative estimate of drug-likeness (QED) is 0.724. The number of halogens is 2. The molecule has 0 heterocycles. The summed E-state index contributed by atoms with van der Waals surface area (Å²) in [4.78, 5) is 11.7. The van der Waals surface area contributed by atoms with Crippen molar-refractivity contribution in [3.8, 4) is 11.5 Å². The molecule has 1 rings (SSSR count). The molecule has 21 heavy (non-hydrogen) atoms. The first-order valence-corrected chi connectivity index (χ1v) is 7.46. The molecule has 0 spiro atoms. The molecular formula is C14H22BrClN2O3. The number of carbonyl (C=O) groups is 1. The van der Waals surface area contributed by atoms with Gasteiger partial charge in [0.2, 0.25) is 5.91 Å². The van der Waals surface area contributed by atoms with Crippen molar-refractivity contribution in [3.63, 3.8) is 0 Å². The molecule has 0 aliphatic rings. The average molecular weight is 382 g/mol. The molecule has 1 amide bonds. The van der Waals surface area contributed by atoms with Gasteiger partial charge >= 0.3 is 0 Å². The van der Waals surface area contributed by atoms with E-state index in [1.54, 1.807) is 0 Å². The Balaban J connectivity index is 0.00000400. The summed E-state index contributed by atoms with van der Waals surface area (Å²) in [6, 6.07) is 3.67. The van der Waals surface area contributed by atoms with Crippen molar-refractivity contribution in [3.05, 3.63) is 22.2 Å². The molecule has 0 unspecified atom stereocenters. The van der Waals surface area contributed by atoms with Gasteiger partial charge in [0, 0.05) is 17.6 Å². The lowest BCUT2D eigenvalue weighted by Gasteiger charge is -2.14. The summed E-state index contributed by atoms with van der Waals surface area (Å²) in [5, 5.41) is 2.74. The molecule has 0 atom stereocenters. The zero-order valence-corrected chi connectivity index (χ0v) is 14.7. The largest absolute Gasteiger partial charge is 0.490 e. The number of ether oxygens (including phenoxy) is 2. The first-order chi connectivity index (χ1) is 9.62. The third kappa shape index (κ3) is 6.54. The summed E-state index contributed by atoms with van der Waals surface area (Å²) < 4.78 is 11.9. The molecule has 7 heteroatoms. The predicted octanol–water partition coefficient (Wildman–Crippen LogP) is 2.29. The van der Waals surface area contributed by atoms with Crippen LogP contribution < -0.4 is 20.5 Å². The molecule has 120 valence electrons. The lowest BCUT2D eigenvalue weighted by atomic mass is 10.1. The number of benzene rings is 1. The second kappa shape index (κ2) is 10.7. The third-order valence-electron chi connectivity index (χ3n) is 2.53. The number of hydrogen-bond donors (Lipinski definition) is 2. The Morgan fingerprint density at radius 1 is 1.24 bits per heavy atom. The minimum absolute atomic E-state index is 0. The zero-order valence-electron chi connectivity index (χ0n) is 12.3. The molecule has 5 nitrogen and oxygen atoms in total. The van der Waals surface area contributed by atoms with Crippen molar-refractivity contribution in [1.82, 2.24) is 5.32 Å². The topological polar surface area (TPSA) is 73.6 Å². The molecule has 0 radical (unpaired) electrons. The number of nitrogens with two attached hydrogens (primary N) is 1.